The van der Waals surface area contributed by atoms with Gasteiger partial charge in [0.1, 0.15) is 18.1 Å². The first-order chi connectivity index (χ1) is 14.4. The molecule has 4 heterocycles. The van der Waals surface area contributed by atoms with Gasteiger partial charge in [0, 0.05) is 35.5 Å². The second-order valence-electron chi connectivity index (χ2n) is 8.42. The molecule has 3 aliphatic rings. The second kappa shape index (κ2) is 7.09. The first-order valence-electron chi connectivity index (χ1n) is 10.4. The number of aromatic nitrogens is 1. The predicted molar refractivity (Wildman–Crippen MR) is 115 cm³/mol. The van der Waals surface area contributed by atoms with E-state index in [1.165, 1.54) is 6.07 Å². The highest BCUT2D eigenvalue weighted by molar-refractivity contribution is 6.32. The number of hydrogen-bond donors (Lipinski definition) is 3. The van der Waals surface area contributed by atoms with Gasteiger partial charge in [-0.15, -0.1) is 0 Å². The van der Waals surface area contributed by atoms with Crippen LogP contribution in [0.25, 0.3) is 16.7 Å². The van der Waals surface area contributed by atoms with Gasteiger partial charge in [0.15, 0.2) is 0 Å². The molecule has 5 rings (SSSR count). The molecule has 0 bridgehead atoms. The van der Waals surface area contributed by atoms with Crippen molar-refractivity contribution in [3.05, 3.63) is 40.8 Å². The highest BCUT2D eigenvalue weighted by Crippen LogP contribution is 2.44. The molecular weight excluding hydrogens is 383 g/mol. The Hall–Kier alpha value is -2.93. The summed E-state index contributed by atoms with van der Waals surface area (Å²) in [4.78, 5) is 17.1. The van der Waals surface area contributed by atoms with Gasteiger partial charge in [-0.3, -0.25) is 4.79 Å². The Morgan fingerprint density at radius 3 is 2.83 bits per heavy atom. The molecule has 2 atom stereocenters. The molecule has 1 amide bonds. The highest BCUT2D eigenvalue weighted by Gasteiger charge is 2.32. The lowest BCUT2D eigenvalue weighted by Crippen LogP contribution is -2.20. The van der Waals surface area contributed by atoms with E-state index in [1.54, 1.807) is 6.20 Å². The smallest absolute Gasteiger partial charge is 0.256 e. The topological polar surface area (TPSA) is 75.3 Å². The standard InChI is InChI=1S/C23H25FN4O2/c1-11-6-14(26-9-11)7-16-19-12(2)15(8-18(24)21(19)28-22(16)29)17-10-27-23-20(13(17)3)25-4-5-30-23/h7-8,10-11,14,25-26H,4-6,9H2,1-3H3,(H,28,29)/b16-7-. The van der Waals surface area contributed by atoms with Crippen molar-refractivity contribution >= 4 is 22.9 Å². The molecule has 156 valence electrons. The third kappa shape index (κ3) is 2.96. The number of pyridine rings is 1. The molecular formula is C23H25FN4O2. The number of nitrogens with one attached hydrogen (secondary N) is 3. The number of rotatable bonds is 2. The number of nitrogens with zero attached hydrogens (tertiary/aromatic N) is 1. The number of benzene rings is 1. The fourth-order valence-electron chi connectivity index (χ4n) is 4.71. The van der Waals surface area contributed by atoms with Crippen molar-refractivity contribution in [2.75, 3.05) is 30.3 Å². The number of anilines is 2. The van der Waals surface area contributed by atoms with E-state index in [0.29, 0.717) is 36.1 Å². The number of halogens is 1. The average molecular weight is 408 g/mol. The Kier molecular flexibility index (Phi) is 4.50. The molecule has 0 spiro atoms. The first-order valence-corrected chi connectivity index (χ1v) is 10.4. The molecule has 2 unspecified atom stereocenters. The quantitative estimate of drug-likeness (QED) is 0.662. The summed E-state index contributed by atoms with van der Waals surface area (Å²) in [5, 5.41) is 9.48. The number of amides is 1. The van der Waals surface area contributed by atoms with E-state index in [0.717, 1.165) is 40.9 Å². The van der Waals surface area contributed by atoms with Gasteiger partial charge in [-0.05, 0) is 55.5 Å². The van der Waals surface area contributed by atoms with Gasteiger partial charge in [-0.2, -0.15) is 0 Å². The van der Waals surface area contributed by atoms with Crippen molar-refractivity contribution in [1.82, 2.24) is 10.3 Å². The van der Waals surface area contributed by atoms with Crippen LogP contribution in [0.4, 0.5) is 15.8 Å². The predicted octanol–water partition coefficient (Wildman–Crippen LogP) is 3.64. The largest absolute Gasteiger partial charge is 0.474 e. The van der Waals surface area contributed by atoms with Crippen molar-refractivity contribution < 1.29 is 13.9 Å². The average Bonchev–Trinajstić information content (AvgIpc) is 3.29. The Balaban J connectivity index is 1.65. The van der Waals surface area contributed by atoms with Gasteiger partial charge in [0.2, 0.25) is 5.88 Å². The number of ether oxygens (including phenoxy) is 1. The van der Waals surface area contributed by atoms with Gasteiger partial charge in [0.25, 0.3) is 5.91 Å². The van der Waals surface area contributed by atoms with Gasteiger partial charge >= 0.3 is 0 Å². The van der Waals surface area contributed by atoms with Crippen LogP contribution < -0.4 is 20.7 Å². The van der Waals surface area contributed by atoms with Crippen molar-refractivity contribution in [3.63, 3.8) is 0 Å². The maximum atomic E-state index is 15.1. The highest BCUT2D eigenvalue weighted by atomic mass is 19.1. The summed E-state index contributed by atoms with van der Waals surface area (Å²) in [5.74, 6) is 0.441. The Labute approximate surface area is 174 Å². The molecule has 0 radical (unpaired) electrons. The van der Waals surface area contributed by atoms with Crippen molar-refractivity contribution in [1.29, 1.82) is 0 Å². The molecule has 30 heavy (non-hydrogen) atoms. The number of fused-ring (bicyclic) bond motifs is 2. The summed E-state index contributed by atoms with van der Waals surface area (Å²) >= 11 is 0. The van der Waals surface area contributed by atoms with Crippen molar-refractivity contribution in [2.45, 2.75) is 33.2 Å². The van der Waals surface area contributed by atoms with E-state index in [4.69, 9.17) is 4.74 Å². The first kappa shape index (κ1) is 19.1. The number of hydrogen-bond acceptors (Lipinski definition) is 5. The van der Waals surface area contributed by atoms with Crippen LogP contribution in [0.3, 0.4) is 0 Å². The minimum absolute atomic E-state index is 0.117. The van der Waals surface area contributed by atoms with Crippen LogP contribution in [-0.2, 0) is 4.79 Å². The van der Waals surface area contributed by atoms with E-state index in [2.05, 4.69) is 27.9 Å². The molecule has 0 saturated carbocycles. The zero-order valence-electron chi connectivity index (χ0n) is 17.4. The summed E-state index contributed by atoms with van der Waals surface area (Å²) in [6.45, 7) is 8.29. The van der Waals surface area contributed by atoms with Crippen LogP contribution in [0.2, 0.25) is 0 Å². The normalized spacial score (nSPS) is 23.6. The second-order valence-corrected chi connectivity index (χ2v) is 8.42. The summed E-state index contributed by atoms with van der Waals surface area (Å²) in [7, 11) is 0. The van der Waals surface area contributed by atoms with Crippen molar-refractivity contribution in [3.8, 4) is 17.0 Å². The lowest BCUT2D eigenvalue weighted by Gasteiger charge is -2.22. The van der Waals surface area contributed by atoms with E-state index >= 15 is 4.39 Å². The molecule has 3 aliphatic heterocycles. The van der Waals surface area contributed by atoms with Crippen LogP contribution in [-0.4, -0.2) is 36.6 Å². The van der Waals surface area contributed by atoms with E-state index in [9.17, 15) is 4.79 Å². The summed E-state index contributed by atoms with van der Waals surface area (Å²) < 4.78 is 20.7. The minimum atomic E-state index is -0.434. The molecule has 1 aromatic carbocycles. The zero-order valence-corrected chi connectivity index (χ0v) is 17.4. The minimum Gasteiger partial charge on any atom is -0.474 e. The van der Waals surface area contributed by atoms with Crippen LogP contribution >= 0.6 is 0 Å². The molecule has 2 aromatic rings. The van der Waals surface area contributed by atoms with Crippen LogP contribution in [0, 0.1) is 25.6 Å². The SMILES string of the molecule is Cc1c(-c2cc(F)c3c(c2C)/C(=C/C2CC(C)CN2)C(=O)N3)cnc2c1NCCO2. The summed E-state index contributed by atoms with van der Waals surface area (Å²) in [5.41, 5.74) is 5.69. The zero-order chi connectivity index (χ0) is 21.0. The summed E-state index contributed by atoms with van der Waals surface area (Å²) in [6, 6.07) is 1.61. The lowest BCUT2D eigenvalue weighted by molar-refractivity contribution is -0.110. The van der Waals surface area contributed by atoms with Gasteiger partial charge in [-0.25, -0.2) is 9.37 Å². The monoisotopic (exact) mass is 408 g/mol. The van der Waals surface area contributed by atoms with E-state index < -0.39 is 5.82 Å². The third-order valence-corrected chi connectivity index (χ3v) is 6.28. The van der Waals surface area contributed by atoms with Gasteiger partial charge in [-0.1, -0.05) is 13.0 Å². The fourth-order valence-corrected chi connectivity index (χ4v) is 4.71. The molecule has 1 aromatic heterocycles. The van der Waals surface area contributed by atoms with Gasteiger partial charge < -0.3 is 20.7 Å². The maximum Gasteiger partial charge on any atom is 0.256 e. The summed E-state index contributed by atoms with van der Waals surface area (Å²) in [6.07, 6.45) is 4.64. The van der Waals surface area contributed by atoms with Crippen molar-refractivity contribution in [2.24, 2.45) is 5.92 Å². The maximum absolute atomic E-state index is 15.1. The lowest BCUT2D eigenvalue weighted by atomic mass is 9.90. The molecule has 3 N–H and O–H groups in total. The third-order valence-electron chi connectivity index (χ3n) is 6.28. The number of carbonyl (C=O) groups excluding carboxylic acids is 1. The fraction of sp³-hybridized carbons (Fsp3) is 0.391. The molecule has 1 fully saturated rings. The van der Waals surface area contributed by atoms with Gasteiger partial charge in [0.05, 0.1) is 5.69 Å². The molecule has 7 heteroatoms. The molecule has 1 saturated heterocycles. The Morgan fingerprint density at radius 2 is 2.07 bits per heavy atom. The van der Waals surface area contributed by atoms with E-state index in [-0.39, 0.29) is 17.6 Å². The molecule has 6 nitrogen and oxygen atoms in total. The Morgan fingerprint density at radius 1 is 1.23 bits per heavy atom. The Bertz CT molecular complexity index is 1100. The molecule has 0 aliphatic carbocycles. The van der Waals surface area contributed by atoms with Crippen LogP contribution in [0.15, 0.2) is 18.3 Å². The number of carbonyl (C=O) groups is 1. The van der Waals surface area contributed by atoms with E-state index in [1.807, 2.05) is 19.9 Å². The van der Waals surface area contributed by atoms with Crippen LogP contribution in [0.5, 0.6) is 5.88 Å². The van der Waals surface area contributed by atoms with Crippen LogP contribution in [0.1, 0.15) is 30.0 Å².